The van der Waals surface area contributed by atoms with E-state index >= 15 is 0 Å². The van der Waals surface area contributed by atoms with Crippen LogP contribution >= 0.6 is 11.6 Å². The maximum atomic E-state index is 13.4. The first-order chi connectivity index (χ1) is 8.16. The smallest absolute Gasteiger partial charge is 0.131 e. The predicted molar refractivity (Wildman–Crippen MR) is 66.6 cm³/mol. The van der Waals surface area contributed by atoms with Crippen molar-refractivity contribution in [2.75, 3.05) is 0 Å². The van der Waals surface area contributed by atoms with Gasteiger partial charge >= 0.3 is 0 Å². The Morgan fingerprint density at radius 2 is 1.82 bits per heavy atom. The first kappa shape index (κ1) is 11.9. The van der Waals surface area contributed by atoms with E-state index in [1.165, 1.54) is 6.07 Å². The Labute approximate surface area is 105 Å². The van der Waals surface area contributed by atoms with Crippen LogP contribution in [0.15, 0.2) is 42.5 Å². The quantitative estimate of drug-likeness (QED) is 0.791. The summed E-state index contributed by atoms with van der Waals surface area (Å²) in [6, 6.07) is 11.8. The van der Waals surface area contributed by atoms with Crippen LogP contribution in [0.25, 0.3) is 0 Å². The molecule has 2 aromatic rings. The summed E-state index contributed by atoms with van der Waals surface area (Å²) in [6.45, 7) is 3.88. The minimum atomic E-state index is -0.355. The van der Waals surface area contributed by atoms with E-state index in [4.69, 9.17) is 16.3 Å². The van der Waals surface area contributed by atoms with Crippen molar-refractivity contribution < 1.29 is 9.13 Å². The Bertz CT molecular complexity index is 488. The highest BCUT2D eigenvalue weighted by molar-refractivity contribution is 6.31. The molecule has 0 fully saturated rings. The van der Waals surface area contributed by atoms with Gasteiger partial charge in [-0.2, -0.15) is 0 Å². The zero-order chi connectivity index (χ0) is 12.3. The fraction of sp³-hybridized carbons (Fsp3) is 0.0714. The minimum absolute atomic E-state index is 0.113. The highest BCUT2D eigenvalue weighted by atomic mass is 35.5. The van der Waals surface area contributed by atoms with Crippen LogP contribution in [-0.2, 0) is 6.61 Å². The normalized spacial score (nSPS) is 10.3. The number of halogens is 2. The van der Waals surface area contributed by atoms with Crippen LogP contribution in [0.1, 0.15) is 11.1 Å². The van der Waals surface area contributed by atoms with Gasteiger partial charge in [0.15, 0.2) is 0 Å². The van der Waals surface area contributed by atoms with Crippen molar-refractivity contribution in [2.24, 2.45) is 0 Å². The number of hydrogen-bond donors (Lipinski definition) is 0. The van der Waals surface area contributed by atoms with Gasteiger partial charge in [0.2, 0.25) is 0 Å². The zero-order valence-electron chi connectivity index (χ0n) is 9.12. The van der Waals surface area contributed by atoms with E-state index in [1.54, 1.807) is 24.3 Å². The van der Waals surface area contributed by atoms with E-state index < -0.39 is 0 Å². The van der Waals surface area contributed by atoms with Crippen molar-refractivity contribution in [1.82, 2.24) is 0 Å². The van der Waals surface area contributed by atoms with Crippen LogP contribution in [0.2, 0.25) is 5.02 Å². The molecule has 0 aromatic heterocycles. The Kier molecular flexibility index (Phi) is 3.64. The standard InChI is InChI=1S/C14H11ClFO/c1-10-5-7-11(8-6-10)17-9-12-13(15)3-2-4-14(12)16/h2-8H,1,9H2. The first-order valence-corrected chi connectivity index (χ1v) is 5.52. The zero-order valence-corrected chi connectivity index (χ0v) is 9.88. The second-order valence-corrected chi connectivity index (χ2v) is 4.04. The summed E-state index contributed by atoms with van der Waals surface area (Å²) in [6.07, 6.45) is 0. The molecule has 0 amide bonds. The third-order valence-corrected chi connectivity index (χ3v) is 2.72. The maximum Gasteiger partial charge on any atom is 0.131 e. The SMILES string of the molecule is [CH2]c1ccc(OCc2c(F)cccc2Cl)cc1. The molecule has 0 saturated carbocycles. The summed E-state index contributed by atoms with van der Waals surface area (Å²) in [5.41, 5.74) is 1.27. The minimum Gasteiger partial charge on any atom is -0.489 e. The molecule has 0 bridgehead atoms. The molecule has 0 unspecified atom stereocenters. The van der Waals surface area contributed by atoms with E-state index in [1.807, 2.05) is 12.1 Å². The number of benzene rings is 2. The summed E-state index contributed by atoms with van der Waals surface area (Å²) >= 11 is 5.89. The van der Waals surface area contributed by atoms with Crippen molar-refractivity contribution in [3.8, 4) is 5.75 Å². The Hall–Kier alpha value is -1.54. The summed E-state index contributed by atoms with van der Waals surface area (Å²) in [5, 5.41) is 0.374. The van der Waals surface area contributed by atoms with Crippen molar-refractivity contribution in [3.05, 3.63) is 71.4 Å². The van der Waals surface area contributed by atoms with E-state index in [-0.39, 0.29) is 12.4 Å². The van der Waals surface area contributed by atoms with Crippen LogP contribution < -0.4 is 4.74 Å². The molecule has 1 nitrogen and oxygen atoms in total. The molecule has 87 valence electrons. The van der Waals surface area contributed by atoms with Crippen molar-refractivity contribution in [2.45, 2.75) is 6.61 Å². The van der Waals surface area contributed by atoms with Gasteiger partial charge < -0.3 is 4.74 Å². The summed E-state index contributed by atoms with van der Waals surface area (Å²) in [5.74, 6) is 0.308. The van der Waals surface area contributed by atoms with E-state index in [0.29, 0.717) is 16.3 Å². The van der Waals surface area contributed by atoms with E-state index in [9.17, 15) is 4.39 Å². The predicted octanol–water partition coefficient (Wildman–Crippen LogP) is 4.24. The van der Waals surface area contributed by atoms with Gasteiger partial charge in [0.1, 0.15) is 18.2 Å². The third-order valence-electron chi connectivity index (χ3n) is 2.37. The molecule has 0 saturated heterocycles. The van der Waals surface area contributed by atoms with Crippen LogP contribution in [0.3, 0.4) is 0 Å². The summed E-state index contributed by atoms with van der Waals surface area (Å²) in [4.78, 5) is 0. The molecular weight excluding hydrogens is 239 g/mol. The maximum absolute atomic E-state index is 13.4. The molecule has 0 aliphatic rings. The third kappa shape index (κ3) is 2.98. The fourth-order valence-electron chi connectivity index (χ4n) is 1.41. The molecule has 2 rings (SSSR count). The number of hydrogen-bond acceptors (Lipinski definition) is 1. The van der Waals surface area contributed by atoms with Gasteiger partial charge in [-0.3, -0.25) is 0 Å². The lowest BCUT2D eigenvalue weighted by Crippen LogP contribution is -1.99. The highest BCUT2D eigenvalue weighted by Crippen LogP contribution is 2.21. The van der Waals surface area contributed by atoms with Crippen LogP contribution in [-0.4, -0.2) is 0 Å². The van der Waals surface area contributed by atoms with Gasteiger partial charge in [-0.25, -0.2) is 4.39 Å². The highest BCUT2D eigenvalue weighted by Gasteiger charge is 2.07. The lowest BCUT2D eigenvalue weighted by Gasteiger charge is -2.08. The second kappa shape index (κ2) is 5.19. The molecule has 0 atom stereocenters. The summed E-state index contributed by atoms with van der Waals surface area (Å²) in [7, 11) is 0. The molecule has 0 heterocycles. The van der Waals surface area contributed by atoms with Gasteiger partial charge in [0, 0.05) is 5.56 Å². The Balaban J connectivity index is 2.10. The molecule has 17 heavy (non-hydrogen) atoms. The average Bonchev–Trinajstić information content (AvgIpc) is 2.31. The van der Waals surface area contributed by atoms with Crippen LogP contribution in [0, 0.1) is 12.7 Å². The molecule has 1 radical (unpaired) electrons. The van der Waals surface area contributed by atoms with Crippen molar-refractivity contribution >= 4 is 11.6 Å². The largest absolute Gasteiger partial charge is 0.489 e. The van der Waals surface area contributed by atoms with Crippen LogP contribution in [0.4, 0.5) is 4.39 Å². The van der Waals surface area contributed by atoms with E-state index in [0.717, 1.165) is 5.56 Å². The van der Waals surface area contributed by atoms with Crippen molar-refractivity contribution in [1.29, 1.82) is 0 Å². The summed E-state index contributed by atoms with van der Waals surface area (Å²) < 4.78 is 18.9. The molecule has 2 aromatic carbocycles. The lowest BCUT2D eigenvalue weighted by molar-refractivity contribution is 0.300. The monoisotopic (exact) mass is 249 g/mol. The van der Waals surface area contributed by atoms with Gasteiger partial charge in [-0.05, 0) is 36.8 Å². The van der Waals surface area contributed by atoms with Crippen molar-refractivity contribution in [3.63, 3.8) is 0 Å². The Morgan fingerprint density at radius 3 is 2.47 bits per heavy atom. The number of ether oxygens (including phenoxy) is 1. The fourth-order valence-corrected chi connectivity index (χ4v) is 1.63. The first-order valence-electron chi connectivity index (χ1n) is 5.14. The number of rotatable bonds is 3. The lowest BCUT2D eigenvalue weighted by atomic mass is 10.2. The average molecular weight is 250 g/mol. The topological polar surface area (TPSA) is 9.23 Å². The molecule has 0 N–H and O–H groups in total. The van der Waals surface area contributed by atoms with Gasteiger partial charge in [0.25, 0.3) is 0 Å². The molecule has 0 aliphatic carbocycles. The molecule has 3 heteroatoms. The van der Waals surface area contributed by atoms with Gasteiger partial charge in [-0.15, -0.1) is 0 Å². The molecule has 0 spiro atoms. The van der Waals surface area contributed by atoms with Gasteiger partial charge in [-0.1, -0.05) is 29.8 Å². The second-order valence-electron chi connectivity index (χ2n) is 3.63. The molecule has 0 aliphatic heterocycles. The Morgan fingerprint density at radius 1 is 1.12 bits per heavy atom. The van der Waals surface area contributed by atoms with Crippen LogP contribution in [0.5, 0.6) is 5.75 Å². The van der Waals surface area contributed by atoms with E-state index in [2.05, 4.69) is 6.92 Å². The molecular formula is C14H11ClFO. The van der Waals surface area contributed by atoms with Gasteiger partial charge in [0.05, 0.1) is 5.02 Å².